The van der Waals surface area contributed by atoms with E-state index in [2.05, 4.69) is 24.5 Å². The maximum absolute atomic E-state index is 11.7. The topological polar surface area (TPSA) is 98.7 Å². The van der Waals surface area contributed by atoms with E-state index in [9.17, 15) is 14.7 Å². The number of carboxylic acid groups (broad SMARTS) is 1. The summed E-state index contributed by atoms with van der Waals surface area (Å²) in [5.74, 6) is -0.381. The highest BCUT2D eigenvalue weighted by Crippen LogP contribution is 2.29. The zero-order chi connectivity index (χ0) is 14.6. The summed E-state index contributed by atoms with van der Waals surface area (Å²) in [6, 6.07) is -0.314. The maximum atomic E-state index is 11.7. The lowest BCUT2D eigenvalue weighted by molar-refractivity contribution is -0.155. The van der Waals surface area contributed by atoms with Crippen LogP contribution in [0, 0.1) is 11.8 Å². The van der Waals surface area contributed by atoms with Crippen molar-refractivity contribution in [2.45, 2.75) is 51.7 Å². The number of rotatable bonds is 4. The van der Waals surface area contributed by atoms with Gasteiger partial charge in [-0.1, -0.05) is 26.7 Å². The molecular formula is C13H24N2O4. The van der Waals surface area contributed by atoms with Gasteiger partial charge in [-0.25, -0.2) is 9.59 Å². The summed E-state index contributed by atoms with van der Waals surface area (Å²) in [4.78, 5) is 22.4. The quantitative estimate of drug-likeness (QED) is 0.612. The number of nitrogens with one attached hydrogen (secondary N) is 2. The molecule has 0 aromatic carbocycles. The summed E-state index contributed by atoms with van der Waals surface area (Å²) in [7, 11) is 0. The maximum Gasteiger partial charge on any atom is 0.337 e. The van der Waals surface area contributed by atoms with Gasteiger partial charge in [-0.2, -0.15) is 0 Å². The molecule has 110 valence electrons. The van der Waals surface area contributed by atoms with Crippen LogP contribution in [0.1, 0.15) is 40.0 Å². The van der Waals surface area contributed by atoms with Gasteiger partial charge in [-0.05, 0) is 25.2 Å². The lowest BCUT2D eigenvalue weighted by atomic mass is 9.78. The average molecular weight is 272 g/mol. The summed E-state index contributed by atoms with van der Waals surface area (Å²) >= 11 is 0. The van der Waals surface area contributed by atoms with Crippen molar-refractivity contribution in [2.24, 2.45) is 11.8 Å². The highest BCUT2D eigenvalue weighted by Gasteiger charge is 2.32. The molecule has 1 aliphatic carbocycles. The van der Waals surface area contributed by atoms with Crippen LogP contribution in [0.5, 0.6) is 0 Å². The first-order valence-corrected chi connectivity index (χ1v) is 6.74. The zero-order valence-electron chi connectivity index (χ0n) is 11.8. The van der Waals surface area contributed by atoms with Crippen LogP contribution in [-0.2, 0) is 4.79 Å². The van der Waals surface area contributed by atoms with E-state index >= 15 is 0 Å². The third-order valence-electron chi connectivity index (χ3n) is 4.08. The second kappa shape index (κ2) is 6.23. The second-order valence-corrected chi connectivity index (χ2v) is 5.78. The van der Waals surface area contributed by atoms with Crippen molar-refractivity contribution in [3.63, 3.8) is 0 Å². The molecule has 0 radical (unpaired) electrons. The van der Waals surface area contributed by atoms with E-state index in [1.165, 1.54) is 6.42 Å². The van der Waals surface area contributed by atoms with Crippen LogP contribution in [0.2, 0.25) is 0 Å². The molecule has 4 atom stereocenters. The Balaban J connectivity index is 2.41. The van der Waals surface area contributed by atoms with Crippen LogP contribution in [0.4, 0.5) is 4.79 Å². The van der Waals surface area contributed by atoms with Crippen LogP contribution < -0.4 is 10.6 Å². The van der Waals surface area contributed by atoms with E-state index in [0.717, 1.165) is 19.8 Å². The number of carbonyl (C=O) groups excluding carboxylic acids is 1. The molecular weight excluding hydrogens is 248 g/mol. The molecule has 1 fully saturated rings. The van der Waals surface area contributed by atoms with Crippen molar-refractivity contribution >= 4 is 12.0 Å². The predicted octanol–water partition coefficient (Wildman–Crippen LogP) is 0.946. The molecule has 0 aliphatic heterocycles. The Bertz CT molecular complexity index is 344. The van der Waals surface area contributed by atoms with Gasteiger partial charge in [0.1, 0.15) is 0 Å². The van der Waals surface area contributed by atoms with E-state index in [0.29, 0.717) is 11.8 Å². The summed E-state index contributed by atoms with van der Waals surface area (Å²) < 4.78 is 0. The number of aliphatic carboxylic acids is 1. The monoisotopic (exact) mass is 272 g/mol. The lowest BCUT2D eigenvalue weighted by Gasteiger charge is -2.34. The minimum atomic E-state index is -1.94. The molecule has 0 aromatic heterocycles. The second-order valence-electron chi connectivity index (χ2n) is 5.78. The van der Waals surface area contributed by atoms with Crippen molar-refractivity contribution in [1.29, 1.82) is 0 Å². The molecule has 0 bridgehead atoms. The molecule has 2 amide bonds. The van der Waals surface area contributed by atoms with E-state index in [4.69, 9.17) is 5.11 Å². The summed E-state index contributed by atoms with van der Waals surface area (Å²) in [6.45, 7) is 5.12. The van der Waals surface area contributed by atoms with Gasteiger partial charge in [0, 0.05) is 6.04 Å². The molecule has 0 spiro atoms. The molecule has 4 N–H and O–H groups in total. The van der Waals surface area contributed by atoms with Crippen LogP contribution >= 0.6 is 0 Å². The molecule has 1 rings (SSSR count). The Morgan fingerprint density at radius 2 is 1.95 bits per heavy atom. The lowest BCUT2D eigenvalue weighted by Crippen LogP contribution is -2.52. The summed E-state index contributed by atoms with van der Waals surface area (Å²) in [5.41, 5.74) is -1.94. The van der Waals surface area contributed by atoms with Gasteiger partial charge in [0.05, 0.1) is 6.54 Å². The Labute approximate surface area is 113 Å². The van der Waals surface area contributed by atoms with Crippen molar-refractivity contribution in [3.8, 4) is 0 Å². The van der Waals surface area contributed by atoms with Gasteiger partial charge >= 0.3 is 12.0 Å². The fraction of sp³-hybridized carbons (Fsp3) is 0.846. The number of urea groups is 1. The van der Waals surface area contributed by atoms with Gasteiger partial charge in [0.25, 0.3) is 0 Å². The summed E-state index contributed by atoms with van der Waals surface area (Å²) in [5, 5.41) is 23.5. The Morgan fingerprint density at radius 1 is 1.32 bits per heavy atom. The first kappa shape index (κ1) is 15.8. The molecule has 6 nitrogen and oxygen atoms in total. The molecule has 6 heteroatoms. The van der Waals surface area contributed by atoms with Crippen molar-refractivity contribution < 1.29 is 19.8 Å². The standard InChI is InChI=1S/C13H24N2O4/c1-8-5-4-6-10(9(8)2)15-12(18)14-7-13(3,19)11(16)17/h8-10,19H,4-7H2,1-3H3,(H,16,17)(H2,14,15,18). The Kier molecular flexibility index (Phi) is 5.17. The molecule has 0 aromatic rings. The average Bonchev–Trinajstić information content (AvgIpc) is 2.32. The number of aliphatic hydroxyl groups is 1. The number of carboxylic acids is 1. The van der Waals surface area contributed by atoms with E-state index < -0.39 is 17.6 Å². The molecule has 4 unspecified atom stereocenters. The van der Waals surface area contributed by atoms with Gasteiger partial charge in [0.15, 0.2) is 5.60 Å². The minimum absolute atomic E-state index is 0.110. The van der Waals surface area contributed by atoms with Crippen LogP contribution in [0.3, 0.4) is 0 Å². The number of amides is 2. The molecule has 0 saturated heterocycles. The zero-order valence-corrected chi connectivity index (χ0v) is 11.8. The van der Waals surface area contributed by atoms with Crippen molar-refractivity contribution in [2.75, 3.05) is 6.54 Å². The highest BCUT2D eigenvalue weighted by atomic mass is 16.4. The fourth-order valence-corrected chi connectivity index (χ4v) is 2.33. The van der Waals surface area contributed by atoms with Crippen molar-refractivity contribution in [3.05, 3.63) is 0 Å². The SMILES string of the molecule is CC1CCCC(NC(=O)NCC(C)(O)C(=O)O)C1C. The van der Waals surface area contributed by atoms with Gasteiger partial charge in [-0.3, -0.25) is 0 Å². The molecule has 1 aliphatic rings. The molecule has 0 heterocycles. The van der Waals surface area contributed by atoms with Gasteiger partial charge in [-0.15, -0.1) is 0 Å². The van der Waals surface area contributed by atoms with Gasteiger partial charge < -0.3 is 20.8 Å². The van der Waals surface area contributed by atoms with E-state index in [1.807, 2.05) is 0 Å². The number of carbonyl (C=O) groups is 2. The molecule has 1 saturated carbocycles. The normalized spacial score (nSPS) is 30.2. The van der Waals surface area contributed by atoms with Crippen LogP contribution in [0.25, 0.3) is 0 Å². The Morgan fingerprint density at radius 3 is 2.53 bits per heavy atom. The first-order valence-electron chi connectivity index (χ1n) is 6.74. The smallest absolute Gasteiger partial charge is 0.337 e. The molecule has 19 heavy (non-hydrogen) atoms. The first-order chi connectivity index (χ1) is 8.74. The predicted molar refractivity (Wildman–Crippen MR) is 70.8 cm³/mol. The Hall–Kier alpha value is -1.30. The third-order valence-corrected chi connectivity index (χ3v) is 4.08. The largest absolute Gasteiger partial charge is 0.479 e. The van der Waals surface area contributed by atoms with Crippen LogP contribution in [-0.4, -0.2) is 40.4 Å². The van der Waals surface area contributed by atoms with Crippen LogP contribution in [0.15, 0.2) is 0 Å². The fourth-order valence-electron chi connectivity index (χ4n) is 2.33. The number of hydrogen-bond acceptors (Lipinski definition) is 3. The van der Waals surface area contributed by atoms with E-state index in [1.54, 1.807) is 0 Å². The summed E-state index contributed by atoms with van der Waals surface area (Å²) in [6.07, 6.45) is 3.20. The van der Waals surface area contributed by atoms with Gasteiger partial charge in [0.2, 0.25) is 0 Å². The third kappa shape index (κ3) is 4.38. The van der Waals surface area contributed by atoms with E-state index in [-0.39, 0.29) is 12.6 Å². The minimum Gasteiger partial charge on any atom is -0.479 e. The van der Waals surface area contributed by atoms with Crippen molar-refractivity contribution in [1.82, 2.24) is 10.6 Å². The number of hydrogen-bond donors (Lipinski definition) is 4. The highest BCUT2D eigenvalue weighted by molar-refractivity contribution is 5.79.